The fraction of sp³-hybridized carbons (Fsp3) is 0.0455. The highest BCUT2D eigenvalue weighted by Gasteiger charge is 2.08. The second kappa shape index (κ2) is 6.17. The molecule has 0 fully saturated rings. The monoisotopic (exact) mass is 310 g/mol. The molecule has 4 aromatic rings. The van der Waals surface area contributed by atoms with Gasteiger partial charge in [-0.05, 0) is 23.3 Å². The third-order valence-corrected chi connectivity index (χ3v) is 4.22. The Labute approximate surface area is 141 Å². The van der Waals surface area contributed by atoms with Gasteiger partial charge in [-0.1, -0.05) is 78.9 Å². The number of benzene rings is 3. The highest BCUT2D eigenvalue weighted by atomic mass is 15.1. The summed E-state index contributed by atoms with van der Waals surface area (Å²) in [5.41, 5.74) is 5.70. The minimum atomic E-state index is 0.995. The number of hydrogen-bond acceptors (Lipinski definition) is 1. The Hall–Kier alpha value is -3.13. The van der Waals surface area contributed by atoms with Gasteiger partial charge in [0.1, 0.15) is 5.82 Å². The van der Waals surface area contributed by atoms with Crippen molar-refractivity contribution in [2.75, 3.05) is 0 Å². The van der Waals surface area contributed by atoms with Gasteiger partial charge in [-0.3, -0.25) is 0 Å². The third-order valence-electron chi connectivity index (χ3n) is 4.22. The van der Waals surface area contributed by atoms with Crippen molar-refractivity contribution in [1.82, 2.24) is 9.55 Å². The highest BCUT2D eigenvalue weighted by Crippen LogP contribution is 2.24. The minimum absolute atomic E-state index is 0.995. The molecule has 0 aliphatic heterocycles. The number of aromatic nitrogens is 2. The van der Waals surface area contributed by atoms with Crippen molar-refractivity contribution in [3.63, 3.8) is 0 Å². The van der Waals surface area contributed by atoms with Crippen molar-refractivity contribution >= 4 is 23.2 Å². The molecule has 24 heavy (non-hydrogen) atoms. The Morgan fingerprint density at radius 3 is 2.04 bits per heavy atom. The van der Waals surface area contributed by atoms with Crippen LogP contribution in [0.3, 0.4) is 0 Å². The molecule has 1 heterocycles. The van der Waals surface area contributed by atoms with E-state index >= 15 is 0 Å². The molecule has 0 amide bonds. The summed E-state index contributed by atoms with van der Waals surface area (Å²) >= 11 is 0. The number of imidazole rings is 1. The van der Waals surface area contributed by atoms with Crippen LogP contribution >= 0.6 is 0 Å². The molecule has 0 spiro atoms. The number of nitrogens with zero attached hydrogens (tertiary/aromatic N) is 2. The normalized spacial score (nSPS) is 11.4. The molecule has 0 unspecified atom stereocenters. The zero-order valence-electron chi connectivity index (χ0n) is 13.6. The van der Waals surface area contributed by atoms with Gasteiger partial charge in [-0.25, -0.2) is 4.98 Å². The molecule has 4 rings (SSSR count). The van der Waals surface area contributed by atoms with Crippen molar-refractivity contribution in [1.29, 1.82) is 0 Å². The van der Waals surface area contributed by atoms with Gasteiger partial charge >= 0.3 is 0 Å². The summed E-state index contributed by atoms with van der Waals surface area (Å²) in [5.74, 6) is 0.995. The van der Waals surface area contributed by atoms with Crippen LogP contribution in [-0.2, 0) is 7.05 Å². The van der Waals surface area contributed by atoms with Crippen molar-refractivity contribution < 1.29 is 0 Å². The van der Waals surface area contributed by atoms with E-state index in [1.54, 1.807) is 0 Å². The molecule has 0 saturated heterocycles. The fourth-order valence-corrected chi connectivity index (χ4v) is 2.90. The Bertz CT molecular complexity index is 993. The second-order valence-electron chi connectivity index (χ2n) is 5.85. The van der Waals surface area contributed by atoms with E-state index in [2.05, 4.69) is 84.4 Å². The lowest BCUT2D eigenvalue weighted by Gasteiger charge is -2.03. The van der Waals surface area contributed by atoms with E-state index < -0.39 is 0 Å². The Morgan fingerprint density at radius 1 is 0.708 bits per heavy atom. The molecular weight excluding hydrogens is 292 g/mol. The molecule has 0 atom stereocenters. The quantitative estimate of drug-likeness (QED) is 0.463. The maximum atomic E-state index is 4.75. The number of fused-ring (bicyclic) bond motifs is 1. The van der Waals surface area contributed by atoms with Crippen molar-refractivity contribution in [3.05, 3.63) is 90.0 Å². The van der Waals surface area contributed by atoms with Gasteiger partial charge in [0.2, 0.25) is 0 Å². The summed E-state index contributed by atoms with van der Waals surface area (Å²) in [5, 5.41) is 0. The average molecular weight is 310 g/mol. The summed E-state index contributed by atoms with van der Waals surface area (Å²) in [7, 11) is 2.06. The van der Waals surface area contributed by atoms with Crippen LogP contribution in [0.15, 0.2) is 78.9 Å². The topological polar surface area (TPSA) is 17.8 Å². The van der Waals surface area contributed by atoms with Crippen LogP contribution in [0.25, 0.3) is 34.6 Å². The van der Waals surface area contributed by atoms with E-state index in [9.17, 15) is 0 Å². The molecule has 0 aliphatic rings. The van der Waals surface area contributed by atoms with Crippen molar-refractivity contribution in [2.45, 2.75) is 0 Å². The Morgan fingerprint density at radius 2 is 1.33 bits per heavy atom. The predicted octanol–water partition coefficient (Wildman–Crippen LogP) is 5.41. The molecule has 2 heteroatoms. The van der Waals surface area contributed by atoms with Crippen LogP contribution in [0.4, 0.5) is 0 Å². The van der Waals surface area contributed by atoms with Gasteiger partial charge in [-0.15, -0.1) is 0 Å². The first-order valence-corrected chi connectivity index (χ1v) is 8.06. The Kier molecular flexibility index (Phi) is 3.72. The van der Waals surface area contributed by atoms with Gasteiger partial charge in [0, 0.05) is 12.6 Å². The fourth-order valence-electron chi connectivity index (χ4n) is 2.90. The molecule has 3 aromatic carbocycles. The van der Waals surface area contributed by atoms with E-state index in [0.29, 0.717) is 0 Å². The maximum absolute atomic E-state index is 4.75. The number of para-hydroxylation sites is 2. The zero-order valence-corrected chi connectivity index (χ0v) is 13.6. The van der Waals surface area contributed by atoms with Crippen molar-refractivity contribution in [3.8, 4) is 11.4 Å². The Balaban J connectivity index is 1.63. The van der Waals surface area contributed by atoms with Crippen LogP contribution in [0.5, 0.6) is 0 Å². The predicted molar refractivity (Wildman–Crippen MR) is 102 cm³/mol. The molecule has 1 aromatic heterocycles. The molecule has 0 radical (unpaired) electrons. The standard InChI is InChI=1S/C22H18N2/c1-24-21-10-6-5-9-20(21)23-22(24)19-15-13-18(14-16-19)12-11-17-7-3-2-4-8-17/h2-16H,1H3/b12-11+. The van der Waals surface area contributed by atoms with E-state index in [4.69, 9.17) is 4.98 Å². The summed E-state index contributed by atoms with van der Waals surface area (Å²) < 4.78 is 2.14. The second-order valence-corrected chi connectivity index (χ2v) is 5.85. The van der Waals surface area contributed by atoms with Gasteiger partial charge in [-0.2, -0.15) is 0 Å². The van der Waals surface area contributed by atoms with Gasteiger partial charge in [0.15, 0.2) is 0 Å². The van der Waals surface area contributed by atoms with Gasteiger partial charge in [0.05, 0.1) is 11.0 Å². The lowest BCUT2D eigenvalue weighted by Crippen LogP contribution is -1.92. The molecule has 0 saturated carbocycles. The van der Waals surface area contributed by atoms with E-state index in [1.165, 1.54) is 11.1 Å². The lowest BCUT2D eigenvalue weighted by atomic mass is 10.1. The number of hydrogen-bond donors (Lipinski definition) is 0. The third kappa shape index (κ3) is 2.74. The zero-order chi connectivity index (χ0) is 16.4. The first-order valence-electron chi connectivity index (χ1n) is 8.06. The molecule has 0 bridgehead atoms. The average Bonchev–Trinajstić information content (AvgIpc) is 2.98. The summed E-state index contributed by atoms with van der Waals surface area (Å²) in [4.78, 5) is 4.75. The van der Waals surface area contributed by atoms with Gasteiger partial charge in [0.25, 0.3) is 0 Å². The van der Waals surface area contributed by atoms with E-state index in [-0.39, 0.29) is 0 Å². The van der Waals surface area contributed by atoms with Crippen LogP contribution < -0.4 is 0 Å². The molecular formula is C22H18N2. The smallest absolute Gasteiger partial charge is 0.140 e. The maximum Gasteiger partial charge on any atom is 0.140 e. The molecule has 0 N–H and O–H groups in total. The van der Waals surface area contributed by atoms with Gasteiger partial charge < -0.3 is 4.57 Å². The van der Waals surface area contributed by atoms with E-state index in [1.807, 2.05) is 18.2 Å². The highest BCUT2D eigenvalue weighted by molar-refractivity contribution is 5.80. The van der Waals surface area contributed by atoms with Crippen LogP contribution in [0, 0.1) is 0 Å². The van der Waals surface area contributed by atoms with Crippen LogP contribution in [-0.4, -0.2) is 9.55 Å². The van der Waals surface area contributed by atoms with E-state index in [0.717, 1.165) is 22.4 Å². The molecule has 0 aliphatic carbocycles. The number of rotatable bonds is 3. The summed E-state index contributed by atoms with van der Waals surface area (Å²) in [6, 6.07) is 27.1. The minimum Gasteiger partial charge on any atom is -0.327 e. The van der Waals surface area contributed by atoms with Crippen LogP contribution in [0.1, 0.15) is 11.1 Å². The SMILES string of the molecule is Cn1c(-c2ccc(/C=C/c3ccccc3)cc2)nc2ccccc21. The first-order chi connectivity index (χ1) is 11.8. The molecule has 116 valence electrons. The molecule has 2 nitrogen and oxygen atoms in total. The van der Waals surface area contributed by atoms with Crippen molar-refractivity contribution in [2.24, 2.45) is 7.05 Å². The summed E-state index contributed by atoms with van der Waals surface area (Å²) in [6.07, 6.45) is 4.26. The lowest BCUT2D eigenvalue weighted by molar-refractivity contribution is 0.959. The first kappa shape index (κ1) is 14.5. The van der Waals surface area contributed by atoms with Crippen LogP contribution in [0.2, 0.25) is 0 Å². The largest absolute Gasteiger partial charge is 0.327 e. The summed E-state index contributed by atoms with van der Waals surface area (Å²) in [6.45, 7) is 0. The number of aryl methyl sites for hydroxylation is 1.